The number of nitrogens with zero attached hydrogens (tertiary/aromatic N) is 6. The van der Waals surface area contributed by atoms with Crippen LogP contribution in [0.5, 0.6) is 0 Å². The molecule has 0 saturated carbocycles. The standard InChI is InChI=1S/C26H32N6O/c1-7-19-13-21(20-12-18(15-27)8-10-28-20)32-22(19)23(29-16-30-32)31-11-9-26(6,14-17(31)2)24(33)25(3,4)5/h8,10,12-13,16-17H,7,9,11,14H2,1-6H3/t17-,26-/m0/s1. The van der Waals surface area contributed by atoms with Gasteiger partial charge in [0.1, 0.15) is 17.6 Å². The van der Waals surface area contributed by atoms with Gasteiger partial charge >= 0.3 is 0 Å². The number of Topliss-reactive ketones (excluding diaryl/α,β-unsaturated/α-hetero) is 1. The number of hydrogen-bond donors (Lipinski definition) is 0. The third-order valence-electron chi connectivity index (χ3n) is 6.83. The van der Waals surface area contributed by atoms with Gasteiger partial charge in [0.05, 0.1) is 23.0 Å². The highest BCUT2D eigenvalue weighted by molar-refractivity contribution is 5.89. The fourth-order valence-electron chi connectivity index (χ4n) is 5.28. The molecule has 1 aliphatic rings. The number of anilines is 1. The summed E-state index contributed by atoms with van der Waals surface area (Å²) in [6.07, 6.45) is 5.65. The van der Waals surface area contributed by atoms with Gasteiger partial charge in [-0.3, -0.25) is 9.78 Å². The Morgan fingerprint density at radius 3 is 2.70 bits per heavy atom. The lowest BCUT2D eigenvalue weighted by Crippen LogP contribution is -2.50. The number of aryl methyl sites for hydroxylation is 1. The fraction of sp³-hybridized carbons (Fsp3) is 0.500. The van der Waals surface area contributed by atoms with Gasteiger partial charge in [-0.1, -0.05) is 34.6 Å². The Morgan fingerprint density at radius 1 is 1.30 bits per heavy atom. The third-order valence-corrected chi connectivity index (χ3v) is 6.83. The minimum absolute atomic E-state index is 0.164. The second-order valence-electron chi connectivity index (χ2n) is 10.4. The van der Waals surface area contributed by atoms with Crippen LogP contribution in [0.2, 0.25) is 0 Å². The first kappa shape index (κ1) is 22.9. The summed E-state index contributed by atoms with van der Waals surface area (Å²) in [7, 11) is 0. The first-order valence-electron chi connectivity index (χ1n) is 11.6. The predicted octanol–water partition coefficient (Wildman–Crippen LogP) is 4.84. The molecule has 4 rings (SSSR count). The molecule has 1 aliphatic heterocycles. The van der Waals surface area contributed by atoms with E-state index in [2.05, 4.69) is 47.9 Å². The molecule has 0 N–H and O–H groups in total. The van der Waals surface area contributed by atoms with Gasteiger partial charge in [-0.25, -0.2) is 9.50 Å². The van der Waals surface area contributed by atoms with E-state index >= 15 is 0 Å². The maximum Gasteiger partial charge on any atom is 0.157 e. The van der Waals surface area contributed by atoms with Gasteiger partial charge in [-0.15, -0.1) is 0 Å². The lowest BCUT2D eigenvalue weighted by atomic mass is 9.67. The topological polar surface area (TPSA) is 87.2 Å². The van der Waals surface area contributed by atoms with Crippen molar-refractivity contribution in [1.29, 1.82) is 5.26 Å². The molecule has 1 fully saturated rings. The number of nitriles is 1. The summed E-state index contributed by atoms with van der Waals surface area (Å²) in [6.45, 7) is 13.2. The monoisotopic (exact) mass is 444 g/mol. The molecule has 33 heavy (non-hydrogen) atoms. The number of rotatable bonds is 4. The van der Waals surface area contributed by atoms with Crippen molar-refractivity contribution in [2.45, 2.75) is 66.8 Å². The normalized spacial score (nSPS) is 21.2. The van der Waals surface area contributed by atoms with Gasteiger partial charge < -0.3 is 4.90 Å². The van der Waals surface area contributed by atoms with Gasteiger partial charge in [0.25, 0.3) is 0 Å². The van der Waals surface area contributed by atoms with E-state index in [9.17, 15) is 10.1 Å². The van der Waals surface area contributed by atoms with Crippen molar-refractivity contribution >= 4 is 17.1 Å². The molecule has 3 aromatic heterocycles. The first-order chi connectivity index (χ1) is 15.6. The van der Waals surface area contributed by atoms with Crippen molar-refractivity contribution < 1.29 is 4.79 Å². The molecule has 1 saturated heterocycles. The molecule has 7 nitrogen and oxygen atoms in total. The Morgan fingerprint density at radius 2 is 2.06 bits per heavy atom. The Labute approximate surface area is 195 Å². The average Bonchev–Trinajstić information content (AvgIpc) is 3.17. The molecular formula is C26H32N6O. The first-order valence-corrected chi connectivity index (χ1v) is 11.6. The van der Waals surface area contributed by atoms with E-state index in [0.29, 0.717) is 17.0 Å². The van der Waals surface area contributed by atoms with Crippen LogP contribution >= 0.6 is 0 Å². The molecule has 2 atom stereocenters. The summed E-state index contributed by atoms with van der Waals surface area (Å²) in [5.41, 5.74) is 3.54. The molecule has 0 radical (unpaired) electrons. The second-order valence-corrected chi connectivity index (χ2v) is 10.4. The van der Waals surface area contributed by atoms with E-state index < -0.39 is 0 Å². The maximum absolute atomic E-state index is 13.2. The van der Waals surface area contributed by atoms with Crippen molar-refractivity contribution in [3.63, 3.8) is 0 Å². The molecule has 0 aliphatic carbocycles. The van der Waals surface area contributed by atoms with Crippen LogP contribution in [-0.2, 0) is 11.2 Å². The molecule has 7 heteroatoms. The van der Waals surface area contributed by atoms with Crippen molar-refractivity contribution in [3.8, 4) is 17.5 Å². The van der Waals surface area contributed by atoms with E-state index in [1.165, 1.54) is 0 Å². The van der Waals surface area contributed by atoms with Crippen LogP contribution in [0.1, 0.15) is 65.5 Å². The molecule has 3 aromatic rings. The fourth-order valence-corrected chi connectivity index (χ4v) is 5.28. The number of hydrogen-bond acceptors (Lipinski definition) is 6. The SMILES string of the molecule is CCc1cc(-c2cc(C#N)ccn2)n2ncnc(N3CC[C@](C)(C(=O)C(C)(C)C)C[C@@H]3C)c12. The van der Waals surface area contributed by atoms with Crippen LogP contribution in [0.4, 0.5) is 5.82 Å². The maximum atomic E-state index is 13.2. The van der Waals surface area contributed by atoms with Gasteiger partial charge in [0.2, 0.25) is 0 Å². The second kappa shape index (κ2) is 8.26. The summed E-state index contributed by atoms with van der Waals surface area (Å²) < 4.78 is 1.89. The zero-order chi connectivity index (χ0) is 24.0. The van der Waals surface area contributed by atoms with Crippen LogP contribution in [-0.4, -0.2) is 38.0 Å². The predicted molar refractivity (Wildman–Crippen MR) is 129 cm³/mol. The molecule has 4 heterocycles. The smallest absolute Gasteiger partial charge is 0.157 e. The Bertz CT molecular complexity index is 1250. The van der Waals surface area contributed by atoms with Crippen LogP contribution in [0.3, 0.4) is 0 Å². The highest BCUT2D eigenvalue weighted by Crippen LogP contribution is 2.42. The van der Waals surface area contributed by atoms with E-state index in [0.717, 1.165) is 48.4 Å². The van der Waals surface area contributed by atoms with Crippen molar-refractivity contribution in [2.75, 3.05) is 11.4 Å². The summed E-state index contributed by atoms with van der Waals surface area (Å²) in [5.74, 6) is 1.22. The number of carbonyl (C=O) groups is 1. The van der Waals surface area contributed by atoms with Gasteiger partial charge in [0, 0.05) is 29.6 Å². The highest BCUT2D eigenvalue weighted by Gasteiger charge is 2.44. The van der Waals surface area contributed by atoms with Crippen LogP contribution in [0.15, 0.2) is 30.7 Å². The molecule has 172 valence electrons. The summed E-state index contributed by atoms with van der Waals surface area (Å²) in [4.78, 5) is 24.7. The van der Waals surface area contributed by atoms with Crippen LogP contribution in [0, 0.1) is 22.2 Å². The van der Waals surface area contributed by atoms with Crippen molar-refractivity contribution in [1.82, 2.24) is 19.6 Å². The van der Waals surface area contributed by atoms with E-state index in [-0.39, 0.29) is 16.9 Å². The third kappa shape index (κ3) is 3.99. The zero-order valence-electron chi connectivity index (χ0n) is 20.4. The van der Waals surface area contributed by atoms with E-state index in [4.69, 9.17) is 4.98 Å². The molecular weight excluding hydrogens is 412 g/mol. The molecule has 0 bridgehead atoms. The van der Waals surface area contributed by atoms with Crippen molar-refractivity contribution in [2.24, 2.45) is 10.8 Å². The van der Waals surface area contributed by atoms with Gasteiger partial charge in [-0.05, 0) is 49.9 Å². The number of ketones is 1. The van der Waals surface area contributed by atoms with Gasteiger partial charge in [-0.2, -0.15) is 10.4 Å². The van der Waals surface area contributed by atoms with Crippen LogP contribution < -0.4 is 4.90 Å². The largest absolute Gasteiger partial charge is 0.352 e. The molecule has 0 aromatic carbocycles. The summed E-state index contributed by atoms with van der Waals surface area (Å²) in [5, 5.41) is 13.9. The number of carbonyl (C=O) groups excluding carboxylic acids is 1. The number of fused-ring (bicyclic) bond motifs is 1. The number of aromatic nitrogens is 4. The lowest BCUT2D eigenvalue weighted by Gasteiger charge is -2.45. The highest BCUT2D eigenvalue weighted by atomic mass is 16.1. The Hall–Kier alpha value is -3.27. The molecule has 0 unspecified atom stereocenters. The summed E-state index contributed by atoms with van der Waals surface area (Å²) in [6, 6.07) is 7.93. The van der Waals surface area contributed by atoms with Crippen molar-refractivity contribution in [3.05, 3.63) is 41.9 Å². The number of piperidine rings is 1. The average molecular weight is 445 g/mol. The van der Waals surface area contributed by atoms with E-state index in [1.54, 1.807) is 24.7 Å². The molecule has 0 spiro atoms. The minimum atomic E-state index is -0.352. The Balaban J connectivity index is 1.76. The molecule has 0 amide bonds. The lowest BCUT2D eigenvalue weighted by molar-refractivity contribution is -0.137. The minimum Gasteiger partial charge on any atom is -0.352 e. The van der Waals surface area contributed by atoms with Gasteiger partial charge in [0.15, 0.2) is 5.82 Å². The van der Waals surface area contributed by atoms with Crippen LogP contribution in [0.25, 0.3) is 16.9 Å². The zero-order valence-corrected chi connectivity index (χ0v) is 20.4. The quantitative estimate of drug-likeness (QED) is 0.572. The summed E-state index contributed by atoms with van der Waals surface area (Å²) >= 11 is 0. The number of pyridine rings is 1. The van der Waals surface area contributed by atoms with E-state index in [1.807, 2.05) is 25.3 Å². The Kier molecular flexibility index (Phi) is 5.73.